The lowest BCUT2D eigenvalue weighted by Crippen LogP contribution is -2.53. The number of carbonyl (C=O) groups excluding carboxylic acids is 3. The average molecular weight is 591 g/mol. The minimum Gasteiger partial charge on any atom is -0.434 e. The second-order valence-corrected chi connectivity index (χ2v) is 10.8. The normalized spacial score (nSPS) is 18.0. The van der Waals surface area contributed by atoms with Gasteiger partial charge >= 0.3 is 12.0 Å². The van der Waals surface area contributed by atoms with Crippen molar-refractivity contribution in [1.82, 2.24) is 16.0 Å². The SMILES string of the molecule is CC(C)C[C@H](NC(=O)OC(c1ccccc1)C(F)(F)c1cccc(Cl)c1)C(=O)N[C@@H](C[C@@H]1CCNC1=O)C(O)C#N. The van der Waals surface area contributed by atoms with Crippen LogP contribution in [0.4, 0.5) is 13.6 Å². The monoisotopic (exact) mass is 590 g/mol. The van der Waals surface area contributed by atoms with Crippen LogP contribution < -0.4 is 16.0 Å². The van der Waals surface area contributed by atoms with Crippen LogP contribution in [0.5, 0.6) is 0 Å². The van der Waals surface area contributed by atoms with Crippen molar-refractivity contribution in [3.8, 4) is 6.07 Å². The van der Waals surface area contributed by atoms with Crippen LogP contribution in [0.25, 0.3) is 0 Å². The summed E-state index contributed by atoms with van der Waals surface area (Å²) >= 11 is 5.94. The molecule has 0 saturated carbocycles. The first kappa shape index (κ1) is 31.8. The first-order valence-corrected chi connectivity index (χ1v) is 13.6. The lowest BCUT2D eigenvalue weighted by atomic mass is 9.94. The third-order valence-corrected chi connectivity index (χ3v) is 6.96. The average Bonchev–Trinajstić information content (AvgIpc) is 3.34. The Morgan fingerprint density at radius 1 is 1.20 bits per heavy atom. The fourth-order valence-electron chi connectivity index (χ4n) is 4.63. The van der Waals surface area contributed by atoms with Gasteiger partial charge in [0, 0.05) is 23.0 Å². The Bertz CT molecular complexity index is 1260. The number of nitrogens with zero attached hydrogens (tertiary/aromatic N) is 1. The number of hydrogen-bond acceptors (Lipinski definition) is 6. The molecule has 41 heavy (non-hydrogen) atoms. The Hall–Kier alpha value is -3.75. The molecular formula is C29H33ClF2N4O5. The van der Waals surface area contributed by atoms with Crippen molar-refractivity contribution in [2.45, 2.75) is 63.3 Å². The van der Waals surface area contributed by atoms with E-state index in [-0.39, 0.29) is 35.3 Å². The van der Waals surface area contributed by atoms with Gasteiger partial charge in [0.2, 0.25) is 11.8 Å². The van der Waals surface area contributed by atoms with Gasteiger partial charge in [0.1, 0.15) is 6.04 Å². The van der Waals surface area contributed by atoms with Crippen molar-refractivity contribution < 1.29 is 33.0 Å². The number of ether oxygens (including phenoxy) is 1. The fraction of sp³-hybridized carbons (Fsp3) is 0.448. The van der Waals surface area contributed by atoms with E-state index in [0.717, 1.165) is 6.07 Å². The quantitative estimate of drug-likeness (QED) is 0.273. The second kappa shape index (κ2) is 14.2. The van der Waals surface area contributed by atoms with Crippen LogP contribution in [0.15, 0.2) is 54.6 Å². The predicted octanol–water partition coefficient (Wildman–Crippen LogP) is 4.21. The van der Waals surface area contributed by atoms with Gasteiger partial charge in [-0.15, -0.1) is 0 Å². The number of carbonyl (C=O) groups is 3. The number of aliphatic hydroxyl groups is 1. The zero-order valence-corrected chi connectivity index (χ0v) is 23.4. The number of alkyl halides is 2. The highest BCUT2D eigenvalue weighted by atomic mass is 35.5. The first-order chi connectivity index (χ1) is 19.4. The van der Waals surface area contributed by atoms with Crippen molar-refractivity contribution in [3.63, 3.8) is 0 Å². The molecule has 0 aromatic heterocycles. The molecule has 1 fully saturated rings. The Morgan fingerprint density at radius 3 is 2.49 bits per heavy atom. The van der Waals surface area contributed by atoms with Gasteiger partial charge in [0.05, 0.1) is 12.1 Å². The van der Waals surface area contributed by atoms with Gasteiger partial charge in [-0.3, -0.25) is 9.59 Å². The lowest BCUT2D eigenvalue weighted by Gasteiger charge is -2.29. The topological polar surface area (TPSA) is 141 Å². The Morgan fingerprint density at radius 2 is 1.90 bits per heavy atom. The molecule has 1 aliphatic heterocycles. The molecule has 0 radical (unpaired) electrons. The molecule has 3 rings (SSSR count). The molecule has 4 N–H and O–H groups in total. The number of nitriles is 1. The molecule has 2 aromatic rings. The number of hydrogen-bond donors (Lipinski definition) is 4. The lowest BCUT2D eigenvalue weighted by molar-refractivity contribution is -0.128. The highest BCUT2D eigenvalue weighted by Crippen LogP contribution is 2.43. The van der Waals surface area contributed by atoms with E-state index in [9.17, 15) is 24.8 Å². The van der Waals surface area contributed by atoms with Gasteiger partial charge in [-0.25, -0.2) is 4.79 Å². The van der Waals surface area contributed by atoms with Gasteiger partial charge in [-0.2, -0.15) is 14.0 Å². The molecule has 2 aromatic carbocycles. The van der Waals surface area contributed by atoms with Crippen LogP contribution in [0.1, 0.15) is 50.3 Å². The maximum Gasteiger partial charge on any atom is 0.408 e. The summed E-state index contributed by atoms with van der Waals surface area (Å²) < 4.78 is 36.8. The second-order valence-electron chi connectivity index (χ2n) is 10.4. The first-order valence-electron chi connectivity index (χ1n) is 13.2. The molecule has 3 amide bonds. The van der Waals surface area contributed by atoms with Crippen molar-refractivity contribution in [3.05, 3.63) is 70.7 Å². The van der Waals surface area contributed by atoms with E-state index in [1.54, 1.807) is 26.0 Å². The molecule has 1 saturated heterocycles. The summed E-state index contributed by atoms with van der Waals surface area (Å²) in [4.78, 5) is 38.3. The van der Waals surface area contributed by atoms with Gasteiger partial charge < -0.3 is 25.8 Å². The molecule has 220 valence electrons. The minimum absolute atomic E-state index is 0.00703. The number of nitrogens with one attached hydrogen (secondary N) is 3. The zero-order chi connectivity index (χ0) is 30.2. The smallest absolute Gasteiger partial charge is 0.408 e. The van der Waals surface area contributed by atoms with Gasteiger partial charge in [0.15, 0.2) is 12.2 Å². The minimum atomic E-state index is -3.69. The summed E-state index contributed by atoms with van der Waals surface area (Å²) in [5, 5.41) is 27.1. The van der Waals surface area contributed by atoms with Crippen molar-refractivity contribution in [1.29, 1.82) is 5.26 Å². The molecule has 5 atom stereocenters. The summed E-state index contributed by atoms with van der Waals surface area (Å²) in [6.45, 7) is 4.02. The Kier molecular flexibility index (Phi) is 11.0. The van der Waals surface area contributed by atoms with Gasteiger partial charge in [-0.05, 0) is 42.9 Å². The summed E-state index contributed by atoms with van der Waals surface area (Å²) in [5.74, 6) is -5.33. The summed E-state index contributed by atoms with van der Waals surface area (Å²) in [6.07, 6.45) is -4.36. The number of benzene rings is 2. The van der Waals surface area contributed by atoms with Crippen molar-refractivity contribution >= 4 is 29.5 Å². The zero-order valence-electron chi connectivity index (χ0n) is 22.6. The molecule has 1 aliphatic rings. The highest BCUT2D eigenvalue weighted by molar-refractivity contribution is 6.30. The molecule has 2 unspecified atom stereocenters. The van der Waals surface area contributed by atoms with Gasteiger partial charge in [-0.1, -0.05) is 67.9 Å². The number of rotatable bonds is 12. The molecule has 9 nitrogen and oxygen atoms in total. The molecule has 12 heteroatoms. The van der Waals surface area contributed by atoms with Crippen LogP contribution >= 0.6 is 11.6 Å². The van der Waals surface area contributed by atoms with Crippen LogP contribution in [-0.4, -0.2) is 47.7 Å². The fourth-order valence-corrected chi connectivity index (χ4v) is 4.82. The van der Waals surface area contributed by atoms with Crippen LogP contribution in [0.2, 0.25) is 5.02 Å². The van der Waals surface area contributed by atoms with E-state index in [0.29, 0.717) is 13.0 Å². The molecular weight excluding hydrogens is 558 g/mol. The van der Waals surface area contributed by atoms with E-state index < -0.39 is 53.7 Å². The van der Waals surface area contributed by atoms with Gasteiger partial charge in [0.25, 0.3) is 0 Å². The van der Waals surface area contributed by atoms with E-state index in [1.807, 2.05) is 0 Å². The molecule has 0 spiro atoms. The van der Waals surface area contributed by atoms with Crippen LogP contribution in [0, 0.1) is 23.2 Å². The van der Waals surface area contributed by atoms with E-state index in [1.165, 1.54) is 42.5 Å². The standard InChI is InChI=1S/C29H33ClF2N4O5/c1-17(2)13-23(27(39)35-22(24(37)16-33)14-19-11-12-34-26(19)38)36-28(40)41-25(18-7-4-3-5-8-18)29(31,32)20-9-6-10-21(30)15-20/h3-10,15,17,19,22-25,37H,11-14H2,1-2H3,(H,34,38)(H,35,39)(H,36,40)/t19-,22-,23-,24?,25?/m0/s1. The van der Waals surface area contributed by atoms with E-state index in [2.05, 4.69) is 16.0 Å². The summed E-state index contributed by atoms with van der Waals surface area (Å²) in [7, 11) is 0. The number of aliphatic hydroxyl groups excluding tert-OH is 1. The third-order valence-electron chi connectivity index (χ3n) is 6.72. The van der Waals surface area contributed by atoms with Crippen LogP contribution in [-0.2, 0) is 20.2 Å². The van der Waals surface area contributed by atoms with Crippen molar-refractivity contribution in [2.75, 3.05) is 6.54 Å². The van der Waals surface area contributed by atoms with Crippen molar-refractivity contribution in [2.24, 2.45) is 11.8 Å². The molecule has 0 bridgehead atoms. The predicted molar refractivity (Wildman–Crippen MR) is 147 cm³/mol. The number of alkyl carbamates (subject to hydrolysis) is 1. The molecule has 1 heterocycles. The summed E-state index contributed by atoms with van der Waals surface area (Å²) in [5.41, 5.74) is -0.447. The van der Waals surface area contributed by atoms with E-state index >= 15 is 8.78 Å². The maximum atomic E-state index is 15.7. The maximum absolute atomic E-state index is 15.7. The summed E-state index contributed by atoms with van der Waals surface area (Å²) in [6, 6.07) is 11.8. The van der Waals surface area contributed by atoms with Crippen LogP contribution in [0.3, 0.4) is 0 Å². The third kappa shape index (κ3) is 8.62. The number of amides is 3. The molecule has 0 aliphatic carbocycles. The van der Waals surface area contributed by atoms with E-state index in [4.69, 9.17) is 16.3 Å². The number of halogens is 3. The highest BCUT2D eigenvalue weighted by Gasteiger charge is 2.46. The largest absolute Gasteiger partial charge is 0.434 e. The Labute approximate surface area is 242 Å². The Balaban J connectivity index is 1.81.